The average molecular weight is 359 g/mol. The van der Waals surface area contributed by atoms with Crippen molar-refractivity contribution in [2.75, 3.05) is 0 Å². The highest BCUT2D eigenvalue weighted by atomic mass is 16.3. The molecule has 136 valence electrons. The average Bonchev–Trinajstić information content (AvgIpc) is 3.34. The van der Waals surface area contributed by atoms with E-state index in [1.165, 1.54) is 11.1 Å². The van der Waals surface area contributed by atoms with Crippen LogP contribution in [0.1, 0.15) is 22.7 Å². The summed E-state index contributed by atoms with van der Waals surface area (Å²) in [5, 5.41) is 19.7. The molecule has 27 heavy (non-hydrogen) atoms. The standard InChI is InChI=1S/C22H21N3O2/c1-25-13-16(12-23-22-17-8-4-2-6-14(17)10-18(22)26)21(24-25)20-11-15-7-3-5-9-19(15)27-20/h2-9,11,13,18,22-23,26H,10,12H2,1H3/t18-,22+/m0/s1. The molecule has 1 aliphatic carbocycles. The number of furan rings is 1. The highest BCUT2D eigenvalue weighted by Gasteiger charge is 2.30. The van der Waals surface area contributed by atoms with Crippen LogP contribution in [0.2, 0.25) is 0 Å². The first-order valence-corrected chi connectivity index (χ1v) is 9.20. The molecule has 5 rings (SSSR count). The number of aromatic nitrogens is 2. The maximum atomic E-state index is 10.5. The van der Waals surface area contributed by atoms with Crippen LogP contribution in [0.25, 0.3) is 22.4 Å². The Morgan fingerprint density at radius 1 is 1.19 bits per heavy atom. The van der Waals surface area contributed by atoms with Crippen molar-refractivity contribution in [3.05, 3.63) is 77.5 Å². The third-order valence-corrected chi connectivity index (χ3v) is 5.28. The van der Waals surface area contributed by atoms with E-state index in [1.807, 2.05) is 55.7 Å². The van der Waals surface area contributed by atoms with E-state index >= 15 is 0 Å². The largest absolute Gasteiger partial charge is 0.454 e. The molecule has 2 N–H and O–H groups in total. The maximum Gasteiger partial charge on any atom is 0.156 e. The van der Waals surface area contributed by atoms with E-state index < -0.39 is 6.10 Å². The first kappa shape index (κ1) is 16.3. The van der Waals surface area contributed by atoms with E-state index in [-0.39, 0.29) is 6.04 Å². The number of hydrogen-bond acceptors (Lipinski definition) is 4. The zero-order valence-corrected chi connectivity index (χ0v) is 15.1. The molecule has 0 fully saturated rings. The summed E-state index contributed by atoms with van der Waals surface area (Å²) < 4.78 is 7.81. The number of benzene rings is 2. The summed E-state index contributed by atoms with van der Waals surface area (Å²) in [6.45, 7) is 0.607. The minimum absolute atomic E-state index is 0.0649. The van der Waals surface area contributed by atoms with Gasteiger partial charge in [-0.3, -0.25) is 4.68 Å². The lowest BCUT2D eigenvalue weighted by atomic mass is 10.1. The quantitative estimate of drug-likeness (QED) is 0.585. The van der Waals surface area contributed by atoms with Gasteiger partial charge in [-0.2, -0.15) is 5.10 Å². The van der Waals surface area contributed by atoms with E-state index in [4.69, 9.17) is 4.42 Å². The number of hydrogen-bond donors (Lipinski definition) is 2. The van der Waals surface area contributed by atoms with Gasteiger partial charge >= 0.3 is 0 Å². The predicted octanol–water partition coefficient (Wildman–Crippen LogP) is 3.58. The fourth-order valence-electron chi connectivity index (χ4n) is 4.01. The van der Waals surface area contributed by atoms with Crippen molar-refractivity contribution in [1.29, 1.82) is 0 Å². The van der Waals surface area contributed by atoms with Crippen molar-refractivity contribution < 1.29 is 9.52 Å². The highest BCUT2D eigenvalue weighted by molar-refractivity contribution is 5.82. The van der Waals surface area contributed by atoms with Crippen LogP contribution in [-0.2, 0) is 20.0 Å². The zero-order chi connectivity index (χ0) is 18.4. The number of aryl methyl sites for hydroxylation is 1. The number of nitrogens with one attached hydrogen (secondary N) is 1. The molecule has 0 amide bonds. The van der Waals surface area contributed by atoms with Crippen LogP contribution in [-0.4, -0.2) is 21.0 Å². The maximum absolute atomic E-state index is 10.5. The molecule has 2 aromatic carbocycles. The Hall–Kier alpha value is -2.89. The Morgan fingerprint density at radius 2 is 2.00 bits per heavy atom. The van der Waals surface area contributed by atoms with Gasteiger partial charge in [-0.05, 0) is 23.3 Å². The van der Waals surface area contributed by atoms with Gasteiger partial charge in [0.25, 0.3) is 0 Å². The number of aliphatic hydroxyl groups is 1. The van der Waals surface area contributed by atoms with Crippen molar-refractivity contribution >= 4 is 11.0 Å². The van der Waals surface area contributed by atoms with Crippen LogP contribution in [0.3, 0.4) is 0 Å². The summed E-state index contributed by atoms with van der Waals surface area (Å²) in [5.74, 6) is 0.765. The highest BCUT2D eigenvalue weighted by Crippen LogP contribution is 2.33. The fourth-order valence-corrected chi connectivity index (χ4v) is 4.01. The van der Waals surface area contributed by atoms with Crippen LogP contribution >= 0.6 is 0 Å². The monoisotopic (exact) mass is 359 g/mol. The summed E-state index contributed by atoms with van der Waals surface area (Å²) in [5.41, 5.74) is 5.14. The molecule has 2 atom stereocenters. The number of nitrogens with zero attached hydrogens (tertiary/aromatic N) is 2. The van der Waals surface area contributed by atoms with Crippen molar-refractivity contribution in [1.82, 2.24) is 15.1 Å². The molecule has 5 heteroatoms. The Bertz CT molecular complexity index is 1080. The van der Waals surface area contributed by atoms with Gasteiger partial charge in [0.05, 0.1) is 12.1 Å². The minimum atomic E-state index is -0.409. The lowest BCUT2D eigenvalue weighted by Gasteiger charge is -2.17. The van der Waals surface area contributed by atoms with Crippen LogP contribution in [0, 0.1) is 0 Å². The fraction of sp³-hybridized carbons (Fsp3) is 0.227. The van der Waals surface area contributed by atoms with E-state index in [2.05, 4.69) is 22.5 Å². The van der Waals surface area contributed by atoms with Crippen LogP contribution in [0.15, 0.2) is 65.2 Å². The lowest BCUT2D eigenvalue weighted by molar-refractivity contribution is 0.140. The number of fused-ring (bicyclic) bond motifs is 2. The van der Waals surface area contributed by atoms with Crippen molar-refractivity contribution in [3.8, 4) is 11.5 Å². The molecule has 0 aliphatic heterocycles. The molecule has 4 aromatic rings. The molecular formula is C22H21N3O2. The number of rotatable bonds is 4. The third-order valence-electron chi connectivity index (χ3n) is 5.28. The molecular weight excluding hydrogens is 338 g/mol. The molecule has 5 nitrogen and oxygen atoms in total. The van der Waals surface area contributed by atoms with E-state index in [1.54, 1.807) is 4.68 Å². The molecule has 0 bridgehead atoms. The number of aliphatic hydroxyl groups excluding tert-OH is 1. The molecule has 0 saturated heterocycles. The van der Waals surface area contributed by atoms with Gasteiger partial charge in [0.15, 0.2) is 5.76 Å². The molecule has 1 aliphatic rings. The van der Waals surface area contributed by atoms with Gasteiger partial charge in [-0.25, -0.2) is 0 Å². The summed E-state index contributed by atoms with van der Waals surface area (Å²) in [7, 11) is 1.91. The molecule has 2 heterocycles. The molecule has 2 aromatic heterocycles. The summed E-state index contributed by atoms with van der Waals surface area (Å²) in [6, 6.07) is 18.2. The van der Waals surface area contributed by atoms with Crippen molar-refractivity contribution in [2.24, 2.45) is 7.05 Å². The Morgan fingerprint density at radius 3 is 2.89 bits per heavy atom. The Kier molecular flexibility index (Phi) is 3.85. The first-order chi connectivity index (χ1) is 13.2. The summed E-state index contributed by atoms with van der Waals surface area (Å²) >= 11 is 0. The van der Waals surface area contributed by atoms with Gasteiger partial charge in [-0.15, -0.1) is 0 Å². The number of para-hydroxylation sites is 1. The lowest BCUT2D eigenvalue weighted by Crippen LogP contribution is -2.28. The molecule has 0 unspecified atom stereocenters. The van der Waals surface area contributed by atoms with Crippen molar-refractivity contribution in [2.45, 2.75) is 25.1 Å². The Balaban J connectivity index is 1.43. The first-order valence-electron chi connectivity index (χ1n) is 9.20. The second kappa shape index (κ2) is 6.37. The van der Waals surface area contributed by atoms with E-state index in [0.717, 1.165) is 28.0 Å². The smallest absolute Gasteiger partial charge is 0.156 e. The normalized spacial score (nSPS) is 18.9. The Labute approximate surface area is 157 Å². The van der Waals surface area contributed by atoms with Crippen molar-refractivity contribution in [3.63, 3.8) is 0 Å². The molecule has 0 radical (unpaired) electrons. The van der Waals surface area contributed by atoms with Gasteiger partial charge in [-0.1, -0.05) is 42.5 Å². The van der Waals surface area contributed by atoms with Gasteiger partial charge < -0.3 is 14.8 Å². The van der Waals surface area contributed by atoms with Crippen LogP contribution in [0.4, 0.5) is 0 Å². The van der Waals surface area contributed by atoms with Gasteiger partial charge in [0, 0.05) is 37.2 Å². The molecule has 0 saturated carbocycles. The second-order valence-corrected chi connectivity index (χ2v) is 7.15. The summed E-state index contributed by atoms with van der Waals surface area (Å²) in [6.07, 6.45) is 2.29. The van der Waals surface area contributed by atoms with Gasteiger partial charge in [0.1, 0.15) is 11.3 Å². The van der Waals surface area contributed by atoms with Crippen LogP contribution in [0.5, 0.6) is 0 Å². The SMILES string of the molecule is Cn1cc(CN[C@@H]2c3ccccc3C[C@@H]2O)c(-c2cc3ccccc3o2)n1. The zero-order valence-electron chi connectivity index (χ0n) is 15.1. The van der Waals surface area contributed by atoms with E-state index in [9.17, 15) is 5.11 Å². The predicted molar refractivity (Wildman–Crippen MR) is 104 cm³/mol. The van der Waals surface area contributed by atoms with Gasteiger partial charge in [0.2, 0.25) is 0 Å². The summed E-state index contributed by atoms with van der Waals surface area (Å²) in [4.78, 5) is 0. The molecule has 0 spiro atoms. The minimum Gasteiger partial charge on any atom is -0.454 e. The third kappa shape index (κ3) is 2.85. The van der Waals surface area contributed by atoms with E-state index in [0.29, 0.717) is 13.0 Å². The van der Waals surface area contributed by atoms with Crippen LogP contribution < -0.4 is 5.32 Å². The second-order valence-electron chi connectivity index (χ2n) is 7.15. The topological polar surface area (TPSA) is 63.2 Å².